The van der Waals surface area contributed by atoms with E-state index in [4.69, 9.17) is 9.47 Å². The summed E-state index contributed by atoms with van der Waals surface area (Å²) in [6.45, 7) is 3.64. The van der Waals surface area contributed by atoms with E-state index in [1.54, 1.807) is 6.92 Å². The summed E-state index contributed by atoms with van der Waals surface area (Å²) >= 11 is 0. The van der Waals surface area contributed by atoms with E-state index < -0.39 is 0 Å². The van der Waals surface area contributed by atoms with Crippen LogP contribution in [-0.2, 0) is 19.1 Å². The van der Waals surface area contributed by atoms with Crippen LogP contribution in [0.4, 0.5) is 0 Å². The number of carbonyl (C=O) groups excluding carboxylic acids is 2. The van der Waals surface area contributed by atoms with Crippen LogP contribution in [0.15, 0.2) is 0 Å². The summed E-state index contributed by atoms with van der Waals surface area (Å²) < 4.78 is 10.1. The van der Waals surface area contributed by atoms with Crippen molar-refractivity contribution in [2.45, 2.75) is 39.0 Å². The molecule has 0 amide bonds. The molecule has 1 fully saturated rings. The van der Waals surface area contributed by atoms with Crippen LogP contribution in [0.1, 0.15) is 39.0 Å². The molecular formula is C12H20O4. The molecule has 0 radical (unpaired) electrons. The Morgan fingerprint density at radius 1 is 1.38 bits per heavy atom. The lowest BCUT2D eigenvalue weighted by atomic mass is 9.95. The van der Waals surface area contributed by atoms with Crippen LogP contribution < -0.4 is 0 Å². The second kappa shape index (κ2) is 7.39. The first-order valence-electron chi connectivity index (χ1n) is 5.97. The minimum atomic E-state index is -0.282. The van der Waals surface area contributed by atoms with Crippen molar-refractivity contribution in [3.63, 3.8) is 0 Å². The molecule has 1 heterocycles. The van der Waals surface area contributed by atoms with E-state index in [9.17, 15) is 9.59 Å². The molecule has 0 aliphatic carbocycles. The zero-order chi connectivity index (χ0) is 11.8. The van der Waals surface area contributed by atoms with Crippen LogP contribution >= 0.6 is 0 Å². The monoisotopic (exact) mass is 228 g/mol. The quantitative estimate of drug-likeness (QED) is 0.649. The van der Waals surface area contributed by atoms with E-state index in [2.05, 4.69) is 0 Å². The molecule has 0 aromatic heterocycles. The van der Waals surface area contributed by atoms with E-state index in [0.717, 1.165) is 19.4 Å². The van der Waals surface area contributed by atoms with E-state index in [1.807, 2.05) is 0 Å². The minimum absolute atomic E-state index is 0.142. The van der Waals surface area contributed by atoms with Crippen LogP contribution in [0, 0.1) is 5.92 Å². The Hall–Kier alpha value is -0.900. The maximum Gasteiger partial charge on any atom is 0.306 e. The van der Waals surface area contributed by atoms with Gasteiger partial charge in [0, 0.05) is 26.1 Å². The number of hydrogen-bond acceptors (Lipinski definition) is 4. The smallest absolute Gasteiger partial charge is 0.306 e. The van der Waals surface area contributed by atoms with Gasteiger partial charge in [-0.3, -0.25) is 9.59 Å². The third-order valence-electron chi connectivity index (χ3n) is 2.68. The molecule has 1 aliphatic heterocycles. The van der Waals surface area contributed by atoms with Crippen molar-refractivity contribution in [2.24, 2.45) is 5.92 Å². The molecule has 0 aromatic rings. The number of rotatable bonds is 6. The summed E-state index contributed by atoms with van der Waals surface area (Å²) in [6, 6.07) is 0. The molecular weight excluding hydrogens is 208 g/mol. The fourth-order valence-corrected chi connectivity index (χ4v) is 1.87. The van der Waals surface area contributed by atoms with Gasteiger partial charge >= 0.3 is 5.97 Å². The molecule has 16 heavy (non-hydrogen) atoms. The Balaban J connectivity index is 2.12. The number of ether oxygens (including phenoxy) is 2. The van der Waals surface area contributed by atoms with Gasteiger partial charge in [0.05, 0.1) is 13.0 Å². The van der Waals surface area contributed by atoms with Crippen LogP contribution in [0.2, 0.25) is 0 Å². The SMILES string of the molecule is CCOC(=O)CCC(=O)CC1CCCOC1. The first-order chi connectivity index (χ1) is 7.72. The number of ketones is 1. The maximum absolute atomic E-state index is 11.6. The molecule has 4 nitrogen and oxygen atoms in total. The highest BCUT2D eigenvalue weighted by molar-refractivity contribution is 5.83. The molecule has 0 spiro atoms. The summed E-state index contributed by atoms with van der Waals surface area (Å²) in [4.78, 5) is 22.6. The van der Waals surface area contributed by atoms with E-state index in [0.29, 0.717) is 32.0 Å². The number of esters is 1. The van der Waals surface area contributed by atoms with Gasteiger partial charge in [-0.1, -0.05) is 0 Å². The average Bonchev–Trinajstić information content (AvgIpc) is 2.28. The fourth-order valence-electron chi connectivity index (χ4n) is 1.87. The Morgan fingerprint density at radius 3 is 2.81 bits per heavy atom. The zero-order valence-corrected chi connectivity index (χ0v) is 9.87. The maximum atomic E-state index is 11.6. The highest BCUT2D eigenvalue weighted by Gasteiger charge is 2.18. The normalized spacial score (nSPS) is 20.4. The van der Waals surface area contributed by atoms with Gasteiger partial charge in [-0.2, -0.15) is 0 Å². The van der Waals surface area contributed by atoms with Crippen LogP contribution in [-0.4, -0.2) is 31.6 Å². The molecule has 4 heteroatoms. The van der Waals surface area contributed by atoms with Gasteiger partial charge in [0.2, 0.25) is 0 Å². The van der Waals surface area contributed by atoms with Gasteiger partial charge in [-0.25, -0.2) is 0 Å². The van der Waals surface area contributed by atoms with E-state index >= 15 is 0 Å². The molecule has 1 aliphatic rings. The predicted molar refractivity (Wildman–Crippen MR) is 59.0 cm³/mol. The third kappa shape index (κ3) is 5.26. The number of hydrogen-bond donors (Lipinski definition) is 0. The van der Waals surface area contributed by atoms with Crippen LogP contribution in [0.25, 0.3) is 0 Å². The molecule has 0 saturated carbocycles. The van der Waals surface area contributed by atoms with E-state index in [1.165, 1.54) is 0 Å². The summed E-state index contributed by atoms with van der Waals surface area (Å²) in [5, 5.41) is 0. The Bertz CT molecular complexity index is 231. The second-order valence-electron chi connectivity index (χ2n) is 4.13. The predicted octanol–water partition coefficient (Wildman–Crippen LogP) is 1.72. The Morgan fingerprint density at radius 2 is 2.19 bits per heavy atom. The zero-order valence-electron chi connectivity index (χ0n) is 9.87. The lowest BCUT2D eigenvalue weighted by Gasteiger charge is -2.21. The summed E-state index contributed by atoms with van der Waals surface area (Å²) in [7, 11) is 0. The molecule has 1 unspecified atom stereocenters. The summed E-state index contributed by atoms with van der Waals surface area (Å²) in [5.41, 5.74) is 0. The Labute approximate surface area is 96.3 Å². The van der Waals surface area contributed by atoms with E-state index in [-0.39, 0.29) is 18.2 Å². The van der Waals surface area contributed by atoms with Gasteiger partial charge in [0.15, 0.2) is 0 Å². The van der Waals surface area contributed by atoms with Crippen molar-refractivity contribution < 1.29 is 19.1 Å². The van der Waals surface area contributed by atoms with Gasteiger partial charge in [-0.15, -0.1) is 0 Å². The fraction of sp³-hybridized carbons (Fsp3) is 0.833. The number of carbonyl (C=O) groups is 2. The molecule has 1 saturated heterocycles. The van der Waals surface area contributed by atoms with Gasteiger partial charge in [-0.05, 0) is 25.7 Å². The molecule has 0 aromatic carbocycles. The Kier molecular flexibility index (Phi) is 6.08. The first kappa shape index (κ1) is 13.2. The van der Waals surface area contributed by atoms with Crippen LogP contribution in [0.3, 0.4) is 0 Å². The minimum Gasteiger partial charge on any atom is -0.466 e. The lowest BCUT2D eigenvalue weighted by molar-refractivity contribution is -0.144. The third-order valence-corrected chi connectivity index (χ3v) is 2.68. The molecule has 0 bridgehead atoms. The highest BCUT2D eigenvalue weighted by atomic mass is 16.5. The standard InChI is InChI=1S/C12H20O4/c1-2-16-12(14)6-5-11(13)8-10-4-3-7-15-9-10/h10H,2-9H2,1H3. The largest absolute Gasteiger partial charge is 0.466 e. The van der Waals surface area contributed by atoms with Gasteiger partial charge in [0.1, 0.15) is 5.78 Å². The molecule has 1 atom stereocenters. The summed E-state index contributed by atoms with van der Waals surface area (Å²) in [5.74, 6) is 0.211. The van der Waals surface area contributed by atoms with Crippen molar-refractivity contribution in [1.29, 1.82) is 0 Å². The van der Waals surface area contributed by atoms with Crippen molar-refractivity contribution in [3.8, 4) is 0 Å². The lowest BCUT2D eigenvalue weighted by Crippen LogP contribution is -2.20. The molecule has 92 valence electrons. The number of Topliss-reactive ketones (excluding diaryl/α,β-unsaturated/α-hetero) is 1. The molecule has 0 N–H and O–H groups in total. The summed E-state index contributed by atoms with van der Waals surface area (Å²) in [6.07, 6.45) is 3.15. The van der Waals surface area contributed by atoms with Crippen molar-refractivity contribution in [3.05, 3.63) is 0 Å². The first-order valence-corrected chi connectivity index (χ1v) is 5.97. The van der Waals surface area contributed by atoms with Crippen LogP contribution in [0.5, 0.6) is 0 Å². The van der Waals surface area contributed by atoms with Gasteiger partial charge in [0.25, 0.3) is 0 Å². The second-order valence-corrected chi connectivity index (χ2v) is 4.13. The van der Waals surface area contributed by atoms with Crippen molar-refractivity contribution in [2.75, 3.05) is 19.8 Å². The highest BCUT2D eigenvalue weighted by Crippen LogP contribution is 2.18. The van der Waals surface area contributed by atoms with Gasteiger partial charge < -0.3 is 9.47 Å². The average molecular weight is 228 g/mol. The van der Waals surface area contributed by atoms with Crippen molar-refractivity contribution >= 4 is 11.8 Å². The van der Waals surface area contributed by atoms with Crippen molar-refractivity contribution in [1.82, 2.24) is 0 Å². The molecule has 1 rings (SSSR count). The topological polar surface area (TPSA) is 52.6 Å².